The molecule has 108 valence electrons. The molecule has 0 saturated carbocycles. The smallest absolute Gasteiger partial charge is 0.229 e. The summed E-state index contributed by atoms with van der Waals surface area (Å²) < 4.78 is 11.9. The van der Waals surface area contributed by atoms with Gasteiger partial charge in [-0.2, -0.15) is 4.98 Å². The van der Waals surface area contributed by atoms with Gasteiger partial charge in [-0.3, -0.25) is 0 Å². The SMILES string of the molecule is CC(C)c1nc(COc2ccc(Br)cc2CCN)no1. The molecule has 20 heavy (non-hydrogen) atoms. The molecule has 0 unspecified atom stereocenters. The van der Waals surface area contributed by atoms with Crippen LogP contribution in [0, 0.1) is 0 Å². The Morgan fingerprint density at radius 1 is 1.40 bits per heavy atom. The van der Waals surface area contributed by atoms with Crippen LogP contribution in [0.25, 0.3) is 0 Å². The van der Waals surface area contributed by atoms with Gasteiger partial charge < -0.3 is 15.0 Å². The molecule has 0 aliphatic heterocycles. The fraction of sp³-hybridized carbons (Fsp3) is 0.429. The van der Waals surface area contributed by atoms with Crippen molar-refractivity contribution in [2.24, 2.45) is 5.73 Å². The van der Waals surface area contributed by atoms with Gasteiger partial charge in [0, 0.05) is 10.4 Å². The molecule has 0 bridgehead atoms. The third kappa shape index (κ3) is 3.80. The third-order valence-corrected chi connectivity index (χ3v) is 3.26. The molecule has 2 N–H and O–H groups in total. The second kappa shape index (κ2) is 6.85. The van der Waals surface area contributed by atoms with Crippen molar-refractivity contribution in [3.63, 3.8) is 0 Å². The third-order valence-electron chi connectivity index (χ3n) is 2.77. The Morgan fingerprint density at radius 3 is 2.85 bits per heavy atom. The van der Waals surface area contributed by atoms with Crippen LogP contribution >= 0.6 is 15.9 Å². The Morgan fingerprint density at radius 2 is 2.20 bits per heavy atom. The summed E-state index contributed by atoms with van der Waals surface area (Å²) in [5, 5.41) is 3.90. The predicted molar refractivity (Wildman–Crippen MR) is 79.6 cm³/mol. The molecule has 5 nitrogen and oxygen atoms in total. The van der Waals surface area contributed by atoms with Gasteiger partial charge in [-0.1, -0.05) is 34.9 Å². The molecule has 0 amide bonds. The van der Waals surface area contributed by atoms with E-state index in [1.54, 1.807) is 0 Å². The van der Waals surface area contributed by atoms with Crippen molar-refractivity contribution >= 4 is 15.9 Å². The molecule has 6 heteroatoms. The average Bonchev–Trinajstić information content (AvgIpc) is 2.87. The van der Waals surface area contributed by atoms with Crippen LogP contribution in [-0.4, -0.2) is 16.7 Å². The van der Waals surface area contributed by atoms with Crippen LogP contribution in [0.3, 0.4) is 0 Å². The van der Waals surface area contributed by atoms with Crippen molar-refractivity contribution in [3.05, 3.63) is 40.0 Å². The van der Waals surface area contributed by atoms with Gasteiger partial charge in [0.2, 0.25) is 11.7 Å². The summed E-state index contributed by atoms with van der Waals surface area (Å²) in [6.07, 6.45) is 0.762. The maximum atomic E-state index is 5.76. The molecular weight excluding hydrogens is 322 g/mol. The lowest BCUT2D eigenvalue weighted by Gasteiger charge is -2.09. The second-order valence-electron chi connectivity index (χ2n) is 4.78. The van der Waals surface area contributed by atoms with E-state index in [9.17, 15) is 0 Å². The van der Waals surface area contributed by atoms with E-state index in [1.165, 1.54) is 0 Å². The van der Waals surface area contributed by atoms with E-state index in [-0.39, 0.29) is 12.5 Å². The normalized spacial score (nSPS) is 11.1. The summed E-state index contributed by atoms with van der Waals surface area (Å²) in [4.78, 5) is 4.28. The van der Waals surface area contributed by atoms with Crippen molar-refractivity contribution in [2.75, 3.05) is 6.54 Å². The van der Waals surface area contributed by atoms with Crippen molar-refractivity contribution in [3.8, 4) is 5.75 Å². The molecule has 0 spiro atoms. The van der Waals surface area contributed by atoms with E-state index < -0.39 is 0 Å². The number of rotatable bonds is 6. The Balaban J connectivity index is 2.06. The molecule has 0 fully saturated rings. The number of benzene rings is 1. The van der Waals surface area contributed by atoms with E-state index >= 15 is 0 Å². The number of nitrogens with zero attached hydrogens (tertiary/aromatic N) is 2. The van der Waals surface area contributed by atoms with Crippen LogP contribution in [0.2, 0.25) is 0 Å². The van der Waals surface area contributed by atoms with Gasteiger partial charge in [0.05, 0.1) is 0 Å². The molecule has 1 aromatic heterocycles. The first kappa shape index (κ1) is 15.0. The Hall–Kier alpha value is -1.40. The van der Waals surface area contributed by atoms with Crippen molar-refractivity contribution in [1.82, 2.24) is 10.1 Å². The van der Waals surface area contributed by atoms with E-state index in [4.69, 9.17) is 15.0 Å². The molecule has 1 heterocycles. The first-order chi connectivity index (χ1) is 9.60. The molecule has 1 aromatic carbocycles. The molecule has 0 saturated heterocycles. The zero-order chi connectivity index (χ0) is 14.5. The highest BCUT2D eigenvalue weighted by atomic mass is 79.9. The average molecular weight is 340 g/mol. The zero-order valence-electron chi connectivity index (χ0n) is 11.6. The van der Waals surface area contributed by atoms with Crippen LogP contribution in [0.1, 0.15) is 37.0 Å². The summed E-state index contributed by atoms with van der Waals surface area (Å²) in [6.45, 7) is 4.88. The first-order valence-electron chi connectivity index (χ1n) is 6.54. The summed E-state index contributed by atoms with van der Waals surface area (Å²) in [5.74, 6) is 2.20. The summed E-state index contributed by atoms with van der Waals surface area (Å²) >= 11 is 3.45. The molecule has 0 radical (unpaired) electrons. The van der Waals surface area contributed by atoms with Gasteiger partial charge in [0.1, 0.15) is 5.75 Å². The van der Waals surface area contributed by atoms with E-state index in [2.05, 4.69) is 26.1 Å². The summed E-state index contributed by atoms with van der Waals surface area (Å²) in [5.41, 5.74) is 6.68. The van der Waals surface area contributed by atoms with Gasteiger partial charge in [-0.15, -0.1) is 0 Å². The van der Waals surface area contributed by atoms with Crippen molar-refractivity contribution in [2.45, 2.75) is 32.8 Å². The number of ether oxygens (including phenoxy) is 1. The Labute approximate surface area is 126 Å². The lowest BCUT2D eigenvalue weighted by atomic mass is 10.1. The predicted octanol–water partition coefficient (Wildman–Crippen LogP) is 3.04. The molecule has 0 atom stereocenters. The minimum Gasteiger partial charge on any atom is -0.485 e. The Bertz CT molecular complexity index is 569. The lowest BCUT2D eigenvalue weighted by molar-refractivity contribution is 0.282. The first-order valence-corrected chi connectivity index (χ1v) is 7.33. The maximum absolute atomic E-state index is 5.76. The summed E-state index contributed by atoms with van der Waals surface area (Å²) in [7, 11) is 0. The molecule has 2 rings (SSSR count). The van der Waals surface area contributed by atoms with Crippen LogP contribution in [0.15, 0.2) is 27.2 Å². The van der Waals surface area contributed by atoms with Crippen molar-refractivity contribution < 1.29 is 9.26 Å². The number of hydrogen-bond acceptors (Lipinski definition) is 5. The highest BCUT2D eigenvalue weighted by Crippen LogP contribution is 2.24. The standard InChI is InChI=1S/C14H18BrN3O2/c1-9(2)14-17-13(18-20-14)8-19-12-4-3-11(15)7-10(12)5-6-16/h3-4,7,9H,5-6,8,16H2,1-2H3. The monoisotopic (exact) mass is 339 g/mol. The van der Waals surface area contributed by atoms with E-state index in [0.29, 0.717) is 18.3 Å². The lowest BCUT2D eigenvalue weighted by Crippen LogP contribution is -2.06. The zero-order valence-corrected chi connectivity index (χ0v) is 13.2. The van der Waals surface area contributed by atoms with Gasteiger partial charge in [-0.25, -0.2) is 0 Å². The fourth-order valence-corrected chi connectivity index (χ4v) is 2.15. The second-order valence-corrected chi connectivity index (χ2v) is 5.70. The number of halogens is 1. The summed E-state index contributed by atoms with van der Waals surface area (Å²) in [6, 6.07) is 5.86. The van der Waals surface area contributed by atoms with Crippen LogP contribution in [-0.2, 0) is 13.0 Å². The minimum absolute atomic E-state index is 0.219. The van der Waals surface area contributed by atoms with Gasteiger partial charge in [0.15, 0.2) is 6.61 Å². The quantitative estimate of drug-likeness (QED) is 0.875. The van der Waals surface area contributed by atoms with Gasteiger partial charge in [-0.05, 0) is 36.7 Å². The van der Waals surface area contributed by atoms with Crippen LogP contribution in [0.5, 0.6) is 5.75 Å². The van der Waals surface area contributed by atoms with Crippen LogP contribution in [0.4, 0.5) is 0 Å². The van der Waals surface area contributed by atoms with Gasteiger partial charge >= 0.3 is 0 Å². The molecule has 0 aliphatic carbocycles. The van der Waals surface area contributed by atoms with E-state index in [1.807, 2.05) is 32.0 Å². The van der Waals surface area contributed by atoms with Crippen molar-refractivity contribution in [1.29, 1.82) is 0 Å². The number of aromatic nitrogens is 2. The molecule has 2 aromatic rings. The van der Waals surface area contributed by atoms with Crippen LogP contribution < -0.4 is 10.5 Å². The minimum atomic E-state index is 0.219. The largest absolute Gasteiger partial charge is 0.485 e. The fourth-order valence-electron chi connectivity index (χ4n) is 1.74. The Kier molecular flexibility index (Phi) is 5.14. The topological polar surface area (TPSA) is 74.2 Å². The highest BCUT2D eigenvalue weighted by molar-refractivity contribution is 9.10. The molecule has 0 aliphatic rings. The van der Waals surface area contributed by atoms with Gasteiger partial charge in [0.25, 0.3) is 0 Å². The maximum Gasteiger partial charge on any atom is 0.229 e. The van der Waals surface area contributed by atoms with E-state index in [0.717, 1.165) is 22.2 Å². The molecular formula is C14H18BrN3O2. The number of nitrogens with two attached hydrogens (primary N) is 1. The number of hydrogen-bond donors (Lipinski definition) is 1. The highest BCUT2D eigenvalue weighted by Gasteiger charge is 2.11.